The summed E-state index contributed by atoms with van der Waals surface area (Å²) in [6, 6.07) is -1.05. The normalized spacial score (nSPS) is 40.2. The van der Waals surface area contributed by atoms with E-state index in [1.54, 1.807) is 0 Å². The topological polar surface area (TPSA) is 148 Å². The van der Waals surface area contributed by atoms with Gasteiger partial charge in [-0.1, -0.05) is 0 Å². The van der Waals surface area contributed by atoms with E-state index in [2.05, 4.69) is 5.32 Å². The SMILES string of the molecule is NC1C(O)OC(CNCC(O)CO)C(O)C1O. The summed E-state index contributed by atoms with van der Waals surface area (Å²) < 4.78 is 5.01. The molecule has 0 aliphatic carbocycles. The van der Waals surface area contributed by atoms with Gasteiger partial charge in [-0.3, -0.25) is 0 Å². The molecule has 102 valence electrons. The summed E-state index contributed by atoms with van der Waals surface area (Å²) in [7, 11) is 0. The first-order valence-corrected chi connectivity index (χ1v) is 5.42. The van der Waals surface area contributed by atoms with Gasteiger partial charge in [0.2, 0.25) is 0 Å². The average Bonchev–Trinajstić information content (AvgIpc) is 2.32. The largest absolute Gasteiger partial charge is 0.394 e. The molecule has 8 N–H and O–H groups in total. The Labute approximate surface area is 98.6 Å². The fourth-order valence-corrected chi connectivity index (χ4v) is 1.59. The molecule has 6 atom stereocenters. The van der Waals surface area contributed by atoms with Gasteiger partial charge in [0.15, 0.2) is 6.29 Å². The molecule has 0 aromatic carbocycles. The first-order valence-electron chi connectivity index (χ1n) is 5.42. The van der Waals surface area contributed by atoms with Crippen LogP contribution in [-0.2, 0) is 4.74 Å². The van der Waals surface area contributed by atoms with Gasteiger partial charge in [-0.2, -0.15) is 0 Å². The van der Waals surface area contributed by atoms with Crippen molar-refractivity contribution >= 4 is 0 Å². The molecule has 1 aliphatic rings. The fourth-order valence-electron chi connectivity index (χ4n) is 1.59. The monoisotopic (exact) mass is 252 g/mol. The van der Waals surface area contributed by atoms with Gasteiger partial charge in [0.05, 0.1) is 18.8 Å². The molecule has 1 fully saturated rings. The lowest BCUT2D eigenvalue weighted by Gasteiger charge is -2.39. The Balaban J connectivity index is 2.37. The predicted molar refractivity (Wildman–Crippen MR) is 56.8 cm³/mol. The molecule has 0 aromatic rings. The van der Waals surface area contributed by atoms with Gasteiger partial charge >= 0.3 is 0 Å². The lowest BCUT2D eigenvalue weighted by Crippen LogP contribution is -2.62. The Morgan fingerprint density at radius 2 is 1.88 bits per heavy atom. The summed E-state index contributed by atoms with van der Waals surface area (Å²) in [5.74, 6) is 0. The van der Waals surface area contributed by atoms with Crippen LogP contribution < -0.4 is 11.1 Å². The standard InChI is InChI=1S/C9H20N2O6/c10-6-8(15)7(14)5(17-9(6)16)2-11-1-4(13)3-12/h4-9,11-16H,1-3,10H2. The molecule has 1 rings (SSSR count). The second-order valence-corrected chi connectivity index (χ2v) is 4.12. The first kappa shape index (κ1) is 14.7. The van der Waals surface area contributed by atoms with Crippen LogP contribution in [0.1, 0.15) is 0 Å². The molecule has 0 radical (unpaired) electrons. The van der Waals surface area contributed by atoms with Crippen LogP contribution in [0.25, 0.3) is 0 Å². The van der Waals surface area contributed by atoms with E-state index in [-0.39, 0.29) is 19.7 Å². The molecular formula is C9H20N2O6. The Hall–Kier alpha value is -0.320. The van der Waals surface area contributed by atoms with Gasteiger partial charge in [-0.25, -0.2) is 0 Å². The fraction of sp³-hybridized carbons (Fsp3) is 1.00. The molecule has 0 amide bonds. The zero-order valence-corrected chi connectivity index (χ0v) is 9.31. The van der Waals surface area contributed by atoms with Crippen LogP contribution in [0.3, 0.4) is 0 Å². The number of nitrogens with one attached hydrogen (secondary N) is 1. The number of aliphatic hydroxyl groups is 5. The van der Waals surface area contributed by atoms with Crippen molar-refractivity contribution in [1.82, 2.24) is 5.32 Å². The molecular weight excluding hydrogens is 232 g/mol. The number of aliphatic hydroxyl groups excluding tert-OH is 5. The number of hydrogen-bond acceptors (Lipinski definition) is 8. The average molecular weight is 252 g/mol. The van der Waals surface area contributed by atoms with Crippen LogP contribution >= 0.6 is 0 Å². The highest BCUT2D eigenvalue weighted by Gasteiger charge is 2.41. The highest BCUT2D eigenvalue weighted by Crippen LogP contribution is 2.17. The van der Waals surface area contributed by atoms with Crippen LogP contribution in [0.15, 0.2) is 0 Å². The van der Waals surface area contributed by atoms with E-state index in [0.717, 1.165) is 0 Å². The van der Waals surface area contributed by atoms with E-state index in [0.29, 0.717) is 0 Å². The van der Waals surface area contributed by atoms with Crippen LogP contribution in [0.2, 0.25) is 0 Å². The van der Waals surface area contributed by atoms with Gasteiger partial charge in [0, 0.05) is 13.1 Å². The summed E-state index contributed by atoms with van der Waals surface area (Å²) in [4.78, 5) is 0. The van der Waals surface area contributed by atoms with Crippen molar-refractivity contribution in [1.29, 1.82) is 0 Å². The van der Waals surface area contributed by atoms with Gasteiger partial charge in [-0.15, -0.1) is 0 Å². The summed E-state index contributed by atoms with van der Waals surface area (Å²) in [6.07, 6.45) is -5.57. The highest BCUT2D eigenvalue weighted by molar-refractivity contribution is 4.91. The maximum Gasteiger partial charge on any atom is 0.172 e. The molecule has 8 nitrogen and oxygen atoms in total. The first-order chi connectivity index (χ1) is 7.97. The zero-order valence-electron chi connectivity index (χ0n) is 9.31. The summed E-state index contributed by atoms with van der Waals surface area (Å²) in [6.45, 7) is -0.155. The lowest BCUT2D eigenvalue weighted by molar-refractivity contribution is -0.240. The number of rotatable bonds is 5. The third-order valence-electron chi connectivity index (χ3n) is 2.70. The van der Waals surface area contributed by atoms with E-state index < -0.39 is 36.7 Å². The van der Waals surface area contributed by atoms with E-state index in [1.165, 1.54) is 0 Å². The summed E-state index contributed by atoms with van der Waals surface area (Å²) in [5, 5.41) is 48.9. The maximum absolute atomic E-state index is 9.63. The third-order valence-corrected chi connectivity index (χ3v) is 2.70. The van der Waals surface area contributed by atoms with Crippen molar-refractivity contribution in [2.75, 3.05) is 19.7 Å². The number of ether oxygens (including phenoxy) is 1. The summed E-state index contributed by atoms with van der Waals surface area (Å²) in [5.41, 5.74) is 5.39. The third kappa shape index (κ3) is 3.83. The lowest BCUT2D eigenvalue weighted by atomic mass is 9.97. The highest BCUT2D eigenvalue weighted by atomic mass is 16.6. The zero-order chi connectivity index (χ0) is 13.0. The van der Waals surface area contributed by atoms with E-state index in [4.69, 9.17) is 20.7 Å². The number of hydrogen-bond donors (Lipinski definition) is 7. The van der Waals surface area contributed by atoms with Crippen molar-refractivity contribution < 1.29 is 30.3 Å². The molecule has 6 unspecified atom stereocenters. The van der Waals surface area contributed by atoms with Crippen LogP contribution in [0.4, 0.5) is 0 Å². The van der Waals surface area contributed by atoms with Gasteiger partial charge < -0.3 is 41.3 Å². The Morgan fingerprint density at radius 3 is 2.47 bits per heavy atom. The minimum atomic E-state index is -1.34. The minimum absolute atomic E-state index is 0.110. The van der Waals surface area contributed by atoms with Crippen molar-refractivity contribution in [3.05, 3.63) is 0 Å². The Morgan fingerprint density at radius 1 is 1.24 bits per heavy atom. The van der Waals surface area contributed by atoms with Gasteiger partial charge in [-0.05, 0) is 0 Å². The van der Waals surface area contributed by atoms with Gasteiger partial charge in [0.1, 0.15) is 18.3 Å². The summed E-state index contributed by atoms with van der Waals surface area (Å²) >= 11 is 0. The predicted octanol–water partition coefficient (Wildman–Crippen LogP) is -4.30. The quantitative estimate of drug-likeness (QED) is 0.260. The molecule has 1 aliphatic heterocycles. The van der Waals surface area contributed by atoms with Crippen molar-refractivity contribution in [3.63, 3.8) is 0 Å². The molecule has 8 heteroatoms. The van der Waals surface area contributed by atoms with E-state index in [9.17, 15) is 15.3 Å². The molecule has 0 bridgehead atoms. The molecule has 0 aromatic heterocycles. The van der Waals surface area contributed by atoms with Crippen molar-refractivity contribution in [2.24, 2.45) is 5.73 Å². The molecule has 1 saturated heterocycles. The molecule has 1 heterocycles. The second kappa shape index (κ2) is 6.57. The molecule has 0 spiro atoms. The molecule has 17 heavy (non-hydrogen) atoms. The van der Waals surface area contributed by atoms with Gasteiger partial charge in [0.25, 0.3) is 0 Å². The molecule has 0 saturated carbocycles. The van der Waals surface area contributed by atoms with E-state index >= 15 is 0 Å². The van der Waals surface area contributed by atoms with Crippen LogP contribution in [-0.4, -0.2) is 82.0 Å². The smallest absolute Gasteiger partial charge is 0.172 e. The van der Waals surface area contributed by atoms with E-state index in [1.807, 2.05) is 0 Å². The number of nitrogens with two attached hydrogens (primary N) is 1. The van der Waals surface area contributed by atoms with Crippen LogP contribution in [0, 0.1) is 0 Å². The van der Waals surface area contributed by atoms with Crippen molar-refractivity contribution in [3.8, 4) is 0 Å². The minimum Gasteiger partial charge on any atom is -0.394 e. The van der Waals surface area contributed by atoms with Crippen LogP contribution in [0.5, 0.6) is 0 Å². The second-order valence-electron chi connectivity index (χ2n) is 4.12. The Bertz CT molecular complexity index is 232. The Kier molecular flexibility index (Phi) is 5.70. The maximum atomic E-state index is 9.63. The van der Waals surface area contributed by atoms with Crippen molar-refractivity contribution in [2.45, 2.75) is 36.7 Å².